The maximum atomic E-state index is 13.6. The molecular formula is C25H34ClN3O4S. The second kappa shape index (κ2) is 12.2. The van der Waals surface area contributed by atoms with E-state index in [0.717, 1.165) is 21.7 Å². The molecule has 0 radical (unpaired) electrons. The Balaban J connectivity index is 2.48. The summed E-state index contributed by atoms with van der Waals surface area (Å²) < 4.78 is 26.7. The number of nitrogens with one attached hydrogen (secondary N) is 1. The van der Waals surface area contributed by atoms with Crippen molar-refractivity contribution in [3.8, 4) is 0 Å². The van der Waals surface area contributed by atoms with Gasteiger partial charge in [-0.2, -0.15) is 0 Å². The molecule has 0 aliphatic rings. The standard InChI is InChI=1S/C25H34ClN3O4S/c1-6-22(25(31)27-7-2)28(16-19-12-14-20(26)15-13-19)24(30)17-29(34(5,32)33)23-11-9-8-10-21(23)18(3)4/h8-15,18,22H,6-7,16-17H2,1-5H3,(H,27,31)/t22-/m1/s1. The van der Waals surface area contributed by atoms with Crippen LogP contribution in [0.15, 0.2) is 48.5 Å². The summed E-state index contributed by atoms with van der Waals surface area (Å²) in [6, 6.07) is 13.4. The summed E-state index contributed by atoms with van der Waals surface area (Å²) in [4.78, 5) is 27.9. The van der Waals surface area contributed by atoms with Crippen molar-refractivity contribution in [2.24, 2.45) is 0 Å². The Hall–Kier alpha value is -2.58. The van der Waals surface area contributed by atoms with Gasteiger partial charge in [-0.3, -0.25) is 13.9 Å². The molecule has 0 aliphatic heterocycles. The van der Waals surface area contributed by atoms with Crippen LogP contribution in [0.25, 0.3) is 0 Å². The zero-order chi connectivity index (χ0) is 25.5. The van der Waals surface area contributed by atoms with E-state index in [-0.39, 0.29) is 18.4 Å². The average molecular weight is 508 g/mol. The molecule has 0 saturated carbocycles. The molecule has 0 aliphatic carbocycles. The third kappa shape index (κ3) is 7.21. The van der Waals surface area contributed by atoms with Crippen LogP contribution in [0.5, 0.6) is 0 Å². The summed E-state index contributed by atoms with van der Waals surface area (Å²) in [6.07, 6.45) is 1.47. The lowest BCUT2D eigenvalue weighted by molar-refractivity contribution is -0.140. The molecule has 2 amide bonds. The highest BCUT2D eigenvalue weighted by Crippen LogP contribution is 2.29. The number of amides is 2. The quantitative estimate of drug-likeness (QED) is 0.494. The SMILES string of the molecule is CCNC(=O)[C@@H](CC)N(Cc1ccc(Cl)cc1)C(=O)CN(c1ccccc1C(C)C)S(C)(=O)=O. The number of para-hydroxylation sites is 1. The molecular weight excluding hydrogens is 474 g/mol. The highest BCUT2D eigenvalue weighted by Gasteiger charge is 2.32. The lowest BCUT2D eigenvalue weighted by Crippen LogP contribution is -2.52. The fourth-order valence-corrected chi connectivity index (χ4v) is 4.79. The monoisotopic (exact) mass is 507 g/mol. The van der Waals surface area contributed by atoms with Crippen molar-refractivity contribution in [2.75, 3.05) is 23.7 Å². The van der Waals surface area contributed by atoms with Crippen LogP contribution < -0.4 is 9.62 Å². The van der Waals surface area contributed by atoms with Crippen molar-refractivity contribution >= 4 is 39.1 Å². The molecule has 1 atom stereocenters. The number of carbonyl (C=O) groups excluding carboxylic acids is 2. The maximum Gasteiger partial charge on any atom is 0.244 e. The summed E-state index contributed by atoms with van der Waals surface area (Å²) in [7, 11) is -3.78. The Bertz CT molecular complexity index is 1090. The molecule has 0 spiro atoms. The van der Waals surface area contributed by atoms with E-state index in [0.29, 0.717) is 23.7 Å². The molecule has 0 saturated heterocycles. The number of anilines is 1. The number of halogens is 1. The molecule has 2 rings (SSSR count). The number of likely N-dealkylation sites (N-methyl/N-ethyl adjacent to an activating group) is 1. The summed E-state index contributed by atoms with van der Waals surface area (Å²) in [5.74, 6) is -0.683. The summed E-state index contributed by atoms with van der Waals surface area (Å²) in [5, 5.41) is 3.34. The van der Waals surface area contributed by atoms with Crippen LogP contribution in [0, 0.1) is 0 Å². The molecule has 186 valence electrons. The van der Waals surface area contributed by atoms with Gasteiger partial charge in [0.05, 0.1) is 11.9 Å². The van der Waals surface area contributed by atoms with Crippen molar-refractivity contribution in [1.29, 1.82) is 0 Å². The Morgan fingerprint density at radius 3 is 2.18 bits per heavy atom. The van der Waals surface area contributed by atoms with E-state index in [9.17, 15) is 18.0 Å². The minimum absolute atomic E-state index is 0.0550. The minimum atomic E-state index is -3.78. The van der Waals surface area contributed by atoms with Crippen LogP contribution in [0.1, 0.15) is 51.2 Å². The number of nitrogens with zero attached hydrogens (tertiary/aromatic N) is 2. The smallest absolute Gasteiger partial charge is 0.244 e. The van der Waals surface area contributed by atoms with E-state index in [1.165, 1.54) is 4.90 Å². The molecule has 1 N–H and O–H groups in total. The molecule has 2 aromatic carbocycles. The largest absolute Gasteiger partial charge is 0.355 e. The fourth-order valence-electron chi connectivity index (χ4n) is 3.80. The molecule has 0 aromatic heterocycles. The number of sulfonamides is 1. The van der Waals surface area contributed by atoms with Gasteiger partial charge in [0.2, 0.25) is 21.8 Å². The first-order chi connectivity index (χ1) is 16.0. The number of carbonyl (C=O) groups is 2. The molecule has 34 heavy (non-hydrogen) atoms. The van der Waals surface area contributed by atoms with Crippen molar-refractivity contribution in [2.45, 2.75) is 52.6 Å². The molecule has 0 fully saturated rings. The second-order valence-corrected chi connectivity index (χ2v) is 10.8. The van der Waals surface area contributed by atoms with Crippen molar-refractivity contribution in [1.82, 2.24) is 10.2 Å². The molecule has 0 bridgehead atoms. The van der Waals surface area contributed by atoms with Crippen LogP contribution in [-0.2, 0) is 26.2 Å². The molecule has 0 unspecified atom stereocenters. The van der Waals surface area contributed by atoms with Gasteiger partial charge in [0.1, 0.15) is 12.6 Å². The zero-order valence-electron chi connectivity index (χ0n) is 20.4. The van der Waals surface area contributed by atoms with E-state index < -0.39 is 28.5 Å². The van der Waals surface area contributed by atoms with Crippen LogP contribution >= 0.6 is 11.6 Å². The lowest BCUT2D eigenvalue weighted by Gasteiger charge is -2.33. The Kier molecular flexibility index (Phi) is 9.94. The number of hydrogen-bond donors (Lipinski definition) is 1. The van der Waals surface area contributed by atoms with E-state index in [4.69, 9.17) is 11.6 Å². The van der Waals surface area contributed by atoms with E-state index in [1.807, 2.05) is 39.8 Å². The number of rotatable bonds is 11. The predicted octanol–water partition coefficient (Wildman–Crippen LogP) is 4.17. The van der Waals surface area contributed by atoms with Gasteiger partial charge in [0.25, 0.3) is 0 Å². The summed E-state index contributed by atoms with van der Waals surface area (Å²) in [5.41, 5.74) is 2.07. The van der Waals surface area contributed by atoms with E-state index in [2.05, 4.69) is 5.32 Å². The topological polar surface area (TPSA) is 86.8 Å². The zero-order valence-corrected chi connectivity index (χ0v) is 22.0. The fraction of sp³-hybridized carbons (Fsp3) is 0.440. The third-order valence-corrected chi connectivity index (χ3v) is 6.89. The van der Waals surface area contributed by atoms with E-state index in [1.54, 1.807) is 36.4 Å². The van der Waals surface area contributed by atoms with Crippen molar-refractivity contribution < 1.29 is 18.0 Å². The van der Waals surface area contributed by atoms with Crippen molar-refractivity contribution in [3.63, 3.8) is 0 Å². The average Bonchev–Trinajstić information content (AvgIpc) is 2.78. The van der Waals surface area contributed by atoms with Crippen LogP contribution in [0.2, 0.25) is 5.02 Å². The Morgan fingerprint density at radius 1 is 1.03 bits per heavy atom. The minimum Gasteiger partial charge on any atom is -0.355 e. The van der Waals surface area contributed by atoms with Crippen LogP contribution in [-0.4, -0.2) is 50.5 Å². The molecule has 0 heterocycles. The van der Waals surface area contributed by atoms with Crippen LogP contribution in [0.3, 0.4) is 0 Å². The maximum absolute atomic E-state index is 13.6. The number of hydrogen-bond acceptors (Lipinski definition) is 4. The van der Waals surface area contributed by atoms with Gasteiger partial charge in [-0.05, 0) is 48.6 Å². The first kappa shape index (κ1) is 27.7. The first-order valence-corrected chi connectivity index (χ1v) is 13.6. The van der Waals surface area contributed by atoms with Crippen LogP contribution in [0.4, 0.5) is 5.69 Å². The van der Waals surface area contributed by atoms with Gasteiger partial charge in [0, 0.05) is 18.1 Å². The lowest BCUT2D eigenvalue weighted by atomic mass is 10.0. The Labute approximate surface area is 208 Å². The van der Waals surface area contributed by atoms with Crippen molar-refractivity contribution in [3.05, 3.63) is 64.7 Å². The highest BCUT2D eigenvalue weighted by atomic mass is 35.5. The molecule has 9 heteroatoms. The molecule has 2 aromatic rings. The van der Waals surface area contributed by atoms with E-state index >= 15 is 0 Å². The second-order valence-electron chi connectivity index (χ2n) is 8.45. The normalized spacial score (nSPS) is 12.3. The first-order valence-electron chi connectivity index (χ1n) is 11.4. The van der Waals surface area contributed by atoms with Gasteiger partial charge in [0.15, 0.2) is 0 Å². The third-order valence-electron chi connectivity index (χ3n) is 5.51. The molecule has 7 nitrogen and oxygen atoms in total. The Morgan fingerprint density at radius 2 is 1.65 bits per heavy atom. The summed E-state index contributed by atoms with van der Waals surface area (Å²) in [6.45, 7) is 7.73. The summed E-state index contributed by atoms with van der Waals surface area (Å²) >= 11 is 6.00. The highest BCUT2D eigenvalue weighted by molar-refractivity contribution is 7.92. The number of benzene rings is 2. The van der Waals surface area contributed by atoms with Gasteiger partial charge < -0.3 is 10.2 Å². The van der Waals surface area contributed by atoms with Gasteiger partial charge >= 0.3 is 0 Å². The van der Waals surface area contributed by atoms with Gasteiger partial charge in [-0.15, -0.1) is 0 Å². The van der Waals surface area contributed by atoms with Gasteiger partial charge in [-0.1, -0.05) is 62.7 Å². The predicted molar refractivity (Wildman–Crippen MR) is 137 cm³/mol. The van der Waals surface area contributed by atoms with Gasteiger partial charge in [-0.25, -0.2) is 8.42 Å².